The lowest BCUT2D eigenvalue weighted by Crippen LogP contribution is -2.13. The number of aromatic nitrogens is 3. The minimum absolute atomic E-state index is 0.366. The Morgan fingerprint density at radius 3 is 2.72 bits per heavy atom. The Labute approximate surface area is 155 Å². The van der Waals surface area contributed by atoms with Crippen molar-refractivity contribution in [3.05, 3.63) is 70.2 Å². The normalized spacial score (nSPS) is 11.1. The van der Waals surface area contributed by atoms with E-state index in [1.807, 2.05) is 55.5 Å². The van der Waals surface area contributed by atoms with Gasteiger partial charge in [-0.25, -0.2) is 10.1 Å². The molecule has 0 bridgehead atoms. The summed E-state index contributed by atoms with van der Waals surface area (Å²) in [6.45, 7) is 2.04. The molecule has 0 atom stereocenters. The molecule has 0 amide bonds. The summed E-state index contributed by atoms with van der Waals surface area (Å²) in [7, 11) is 0. The van der Waals surface area contributed by atoms with E-state index in [-0.39, 0.29) is 0 Å². The van der Waals surface area contributed by atoms with Crippen molar-refractivity contribution in [1.29, 1.82) is 0 Å². The van der Waals surface area contributed by atoms with Gasteiger partial charge < -0.3 is 5.84 Å². The van der Waals surface area contributed by atoms with Crippen molar-refractivity contribution in [3.8, 4) is 0 Å². The lowest BCUT2D eigenvalue weighted by molar-refractivity contribution is 0.847. The first-order chi connectivity index (χ1) is 12.1. The summed E-state index contributed by atoms with van der Waals surface area (Å²) in [5.74, 6) is 7.03. The summed E-state index contributed by atoms with van der Waals surface area (Å²) in [6.07, 6.45) is 1.70. The maximum Gasteiger partial charge on any atom is 0.264 e. The van der Waals surface area contributed by atoms with Gasteiger partial charge in [-0.3, -0.25) is 0 Å². The third-order valence-corrected chi connectivity index (χ3v) is 4.80. The fraction of sp³-hybridized carbons (Fsp3) is 0.118. The average molecular weight is 373 g/mol. The van der Waals surface area contributed by atoms with Gasteiger partial charge in [0.15, 0.2) is 0 Å². The Hall–Kier alpha value is -2.51. The topological polar surface area (TPSA) is 81.1 Å². The van der Waals surface area contributed by atoms with Crippen LogP contribution in [0, 0.1) is 6.92 Å². The highest BCUT2D eigenvalue weighted by atomic mass is 35.5. The van der Waals surface area contributed by atoms with E-state index in [0.29, 0.717) is 16.9 Å². The van der Waals surface area contributed by atoms with Gasteiger partial charge in [-0.1, -0.05) is 71.4 Å². The van der Waals surface area contributed by atoms with Gasteiger partial charge in [0, 0.05) is 10.8 Å². The molecule has 0 spiro atoms. The van der Waals surface area contributed by atoms with Gasteiger partial charge in [-0.15, -0.1) is 10.2 Å². The number of thioether (sulfide) groups is 1. The van der Waals surface area contributed by atoms with Crippen molar-refractivity contribution in [1.82, 2.24) is 14.9 Å². The molecule has 3 aromatic rings. The summed E-state index contributed by atoms with van der Waals surface area (Å²) in [6, 6.07) is 15.7. The van der Waals surface area contributed by atoms with Crippen molar-refractivity contribution in [2.75, 3.05) is 11.3 Å². The summed E-state index contributed by atoms with van der Waals surface area (Å²) in [4.78, 5) is 0. The van der Waals surface area contributed by atoms with Crippen LogP contribution < -0.4 is 11.3 Å². The third kappa shape index (κ3) is 4.52. The van der Waals surface area contributed by atoms with Gasteiger partial charge in [0.05, 0.1) is 6.21 Å². The number of nitrogens with one attached hydrogen (secondary N) is 1. The van der Waals surface area contributed by atoms with E-state index < -0.39 is 0 Å². The Morgan fingerprint density at radius 1 is 1.20 bits per heavy atom. The molecule has 0 aliphatic heterocycles. The molecule has 25 heavy (non-hydrogen) atoms. The second kappa shape index (κ2) is 8.04. The first-order valence-electron chi connectivity index (χ1n) is 7.56. The monoisotopic (exact) mass is 372 g/mol. The highest BCUT2D eigenvalue weighted by Crippen LogP contribution is 2.25. The highest BCUT2D eigenvalue weighted by Gasteiger charge is 2.10. The molecule has 1 heterocycles. The van der Waals surface area contributed by atoms with Gasteiger partial charge in [0.25, 0.3) is 5.95 Å². The molecular weight excluding hydrogens is 356 g/mol. The van der Waals surface area contributed by atoms with E-state index in [1.165, 1.54) is 22.0 Å². The standard InChI is InChI=1S/C17H17ClN6S/c1-12-6-8-13(9-7-12)10-20-21-16-22-23-17(24(16)19)25-11-14-4-2-3-5-15(14)18/h2-10H,11,19H2,1H3,(H,21,22)/b20-10-. The number of nitrogens with zero attached hydrogens (tertiary/aromatic N) is 4. The van der Waals surface area contributed by atoms with Crippen LogP contribution in [0.3, 0.4) is 0 Å². The molecule has 1 aromatic heterocycles. The quantitative estimate of drug-likeness (QED) is 0.298. The van der Waals surface area contributed by atoms with Gasteiger partial charge in [-0.05, 0) is 24.1 Å². The number of nitrogens with two attached hydrogens (primary N) is 1. The molecular formula is C17H17ClN6S. The number of hydrogen-bond donors (Lipinski definition) is 2. The number of halogens is 1. The Bertz CT molecular complexity index is 875. The van der Waals surface area contributed by atoms with Crippen LogP contribution in [-0.2, 0) is 5.75 Å². The van der Waals surface area contributed by atoms with Crippen molar-refractivity contribution in [2.45, 2.75) is 17.8 Å². The molecule has 0 radical (unpaired) electrons. The first-order valence-corrected chi connectivity index (χ1v) is 8.92. The molecule has 2 aromatic carbocycles. The van der Waals surface area contributed by atoms with Gasteiger partial charge in [-0.2, -0.15) is 5.10 Å². The maximum atomic E-state index is 6.15. The fourth-order valence-corrected chi connectivity index (χ4v) is 3.17. The van der Waals surface area contributed by atoms with E-state index in [2.05, 4.69) is 20.7 Å². The molecule has 0 aliphatic rings. The van der Waals surface area contributed by atoms with E-state index in [0.717, 1.165) is 16.1 Å². The SMILES string of the molecule is Cc1ccc(/C=N\Nc2nnc(SCc3ccccc3Cl)n2N)cc1. The Morgan fingerprint density at radius 2 is 1.96 bits per heavy atom. The second-order valence-electron chi connectivity index (χ2n) is 5.34. The van der Waals surface area contributed by atoms with Crippen molar-refractivity contribution >= 4 is 35.5 Å². The number of hydrazone groups is 1. The average Bonchev–Trinajstić information content (AvgIpc) is 2.96. The van der Waals surface area contributed by atoms with Crippen molar-refractivity contribution < 1.29 is 0 Å². The molecule has 0 unspecified atom stereocenters. The number of hydrogen-bond acceptors (Lipinski definition) is 6. The van der Waals surface area contributed by atoms with Crippen LogP contribution in [-0.4, -0.2) is 21.1 Å². The predicted octanol–water partition coefficient (Wildman–Crippen LogP) is 3.69. The maximum absolute atomic E-state index is 6.15. The van der Waals surface area contributed by atoms with E-state index in [4.69, 9.17) is 17.4 Å². The summed E-state index contributed by atoms with van der Waals surface area (Å²) in [5.41, 5.74) is 6.00. The zero-order valence-corrected chi connectivity index (χ0v) is 15.1. The Kier molecular flexibility index (Phi) is 5.57. The highest BCUT2D eigenvalue weighted by molar-refractivity contribution is 7.98. The van der Waals surface area contributed by atoms with Gasteiger partial charge in [0.1, 0.15) is 0 Å². The fourth-order valence-electron chi connectivity index (χ4n) is 2.03. The molecule has 8 heteroatoms. The number of nitrogen functional groups attached to an aromatic ring is 1. The molecule has 3 N–H and O–H groups in total. The van der Waals surface area contributed by atoms with Crippen LogP contribution >= 0.6 is 23.4 Å². The summed E-state index contributed by atoms with van der Waals surface area (Å²) < 4.78 is 1.37. The van der Waals surface area contributed by atoms with Crippen LogP contribution in [0.25, 0.3) is 0 Å². The van der Waals surface area contributed by atoms with Gasteiger partial charge in [0.2, 0.25) is 5.16 Å². The minimum Gasteiger partial charge on any atom is -0.334 e. The number of anilines is 1. The lowest BCUT2D eigenvalue weighted by Gasteiger charge is -2.04. The van der Waals surface area contributed by atoms with Crippen LogP contribution in [0.5, 0.6) is 0 Å². The van der Waals surface area contributed by atoms with Crippen LogP contribution in [0.4, 0.5) is 5.95 Å². The van der Waals surface area contributed by atoms with Crippen LogP contribution in [0.2, 0.25) is 5.02 Å². The van der Waals surface area contributed by atoms with Crippen molar-refractivity contribution in [2.24, 2.45) is 5.10 Å². The minimum atomic E-state index is 0.366. The second-order valence-corrected chi connectivity index (χ2v) is 6.69. The molecule has 0 saturated carbocycles. The Balaban J connectivity index is 1.61. The first kappa shape index (κ1) is 17.3. The largest absolute Gasteiger partial charge is 0.334 e. The van der Waals surface area contributed by atoms with Gasteiger partial charge >= 0.3 is 0 Å². The molecule has 0 aliphatic carbocycles. The number of benzene rings is 2. The van der Waals surface area contributed by atoms with Crippen LogP contribution in [0.15, 0.2) is 58.8 Å². The summed E-state index contributed by atoms with van der Waals surface area (Å²) >= 11 is 7.61. The lowest BCUT2D eigenvalue weighted by atomic mass is 10.2. The molecule has 128 valence electrons. The zero-order chi connectivity index (χ0) is 17.6. The smallest absolute Gasteiger partial charge is 0.264 e. The third-order valence-electron chi connectivity index (χ3n) is 3.43. The van der Waals surface area contributed by atoms with E-state index in [1.54, 1.807) is 6.21 Å². The number of rotatable bonds is 6. The molecule has 0 saturated heterocycles. The zero-order valence-electron chi connectivity index (χ0n) is 13.6. The number of aryl methyl sites for hydroxylation is 1. The van der Waals surface area contributed by atoms with E-state index >= 15 is 0 Å². The van der Waals surface area contributed by atoms with Crippen molar-refractivity contribution in [3.63, 3.8) is 0 Å². The van der Waals surface area contributed by atoms with E-state index in [9.17, 15) is 0 Å². The predicted molar refractivity (Wildman–Crippen MR) is 104 cm³/mol. The molecule has 6 nitrogen and oxygen atoms in total. The van der Waals surface area contributed by atoms with Crippen LogP contribution in [0.1, 0.15) is 16.7 Å². The molecule has 3 rings (SSSR count). The summed E-state index contributed by atoms with van der Waals surface area (Å²) in [5, 5.41) is 13.5. The molecule has 0 fully saturated rings.